The van der Waals surface area contributed by atoms with E-state index in [0.717, 1.165) is 12.8 Å². The van der Waals surface area contributed by atoms with Crippen LogP contribution in [0.15, 0.2) is 0 Å². The highest BCUT2D eigenvalue weighted by molar-refractivity contribution is 5.00. The fourth-order valence-electron chi connectivity index (χ4n) is 0.722. The Kier molecular flexibility index (Phi) is 0.750. The Morgan fingerprint density at radius 2 is 2.33 bits per heavy atom. The van der Waals surface area contributed by atoms with E-state index in [9.17, 15) is 0 Å². The van der Waals surface area contributed by atoms with Crippen molar-refractivity contribution in [1.82, 2.24) is 20.4 Å². The number of rotatable bonds is 1. The summed E-state index contributed by atoms with van der Waals surface area (Å²) in [5.41, 5.74) is 0. The largest absolute Gasteiger partial charge is 0.395 e. The number of hydrogen-bond donors (Lipinski definition) is 1. The second-order valence-electron chi connectivity index (χ2n) is 2.19. The molecular weight excluding hydrogens is 120 g/mol. The summed E-state index contributed by atoms with van der Waals surface area (Å²) in [5, 5.41) is 19.1. The van der Waals surface area contributed by atoms with Gasteiger partial charge in [0.2, 0.25) is 0 Å². The Labute approximate surface area is 51.3 Å². The van der Waals surface area contributed by atoms with E-state index >= 15 is 0 Å². The van der Waals surface area contributed by atoms with E-state index in [1.165, 1.54) is 0 Å². The molecule has 1 aromatic rings. The molecule has 1 aromatic heterocycles. The van der Waals surface area contributed by atoms with E-state index in [0.29, 0.717) is 16.7 Å². The molecule has 0 amide bonds. The van der Waals surface area contributed by atoms with Gasteiger partial charge in [-0.25, -0.2) is 0 Å². The normalized spacial score (nSPS) is 18.2. The van der Waals surface area contributed by atoms with Crippen LogP contribution in [0.25, 0.3) is 0 Å². The fraction of sp³-hybridized carbons (Fsp3) is 0.750. The molecule has 48 valence electrons. The molecule has 1 N–H and O–H groups in total. The topological polar surface area (TPSA) is 63.8 Å². The van der Waals surface area contributed by atoms with Gasteiger partial charge in [-0.15, -0.1) is 5.10 Å². The number of aromatic nitrogens is 4. The van der Waals surface area contributed by atoms with Crippen LogP contribution in [0.3, 0.4) is 0 Å². The molecule has 0 aromatic carbocycles. The summed E-state index contributed by atoms with van der Waals surface area (Å²) in [6, 6.07) is 0. The Morgan fingerprint density at radius 3 is 2.78 bits per heavy atom. The Balaban J connectivity index is 2.28. The van der Waals surface area contributed by atoms with E-state index < -0.39 is 0 Å². The van der Waals surface area contributed by atoms with Gasteiger partial charge in [-0.2, -0.15) is 0 Å². The lowest BCUT2D eigenvalue weighted by molar-refractivity contribution is 0.106. The first-order chi connectivity index (χ1) is 4.36. The van der Waals surface area contributed by atoms with Crippen LogP contribution in [0.4, 0.5) is 0 Å². The van der Waals surface area contributed by atoms with Crippen LogP contribution >= 0.6 is 0 Å². The van der Waals surface area contributed by atoms with Gasteiger partial charge in [0.25, 0.3) is 0 Å². The minimum absolute atomic E-state index is 0.464. The second kappa shape index (κ2) is 1.43. The van der Waals surface area contributed by atoms with Gasteiger partial charge in [0, 0.05) is 10.9 Å². The molecule has 0 atom stereocenters. The maximum absolute atomic E-state index is 8.56. The number of tetrazole rings is 1. The summed E-state index contributed by atoms with van der Waals surface area (Å²) < 4.78 is 0. The molecule has 1 aliphatic rings. The Hall–Kier alpha value is -1.13. The Morgan fingerprint density at radius 1 is 1.56 bits per heavy atom. The molecule has 9 heavy (non-hydrogen) atoms. The van der Waals surface area contributed by atoms with Crippen molar-refractivity contribution in [2.24, 2.45) is 0 Å². The summed E-state index contributed by atoms with van der Waals surface area (Å²) in [6.07, 6.45) is 2.26. The first-order valence-electron chi connectivity index (χ1n) is 2.85. The molecule has 0 bridgehead atoms. The smallest absolute Gasteiger partial charge is 0.181 e. The van der Waals surface area contributed by atoms with Crippen LogP contribution in [0.1, 0.15) is 24.6 Å². The minimum Gasteiger partial charge on any atom is -0.395 e. The average Bonchev–Trinajstić information content (AvgIpc) is 2.58. The van der Waals surface area contributed by atoms with Crippen molar-refractivity contribution in [1.29, 1.82) is 0 Å². The van der Waals surface area contributed by atoms with E-state index in [2.05, 4.69) is 15.4 Å². The second-order valence-corrected chi connectivity index (χ2v) is 2.19. The molecular formula is C4H6N4O. The highest BCUT2D eigenvalue weighted by atomic mass is 16.5. The predicted octanol–water partition coefficient (Wildman–Crippen LogP) is -0.212. The summed E-state index contributed by atoms with van der Waals surface area (Å²) in [5.74, 6) is 1.13. The summed E-state index contributed by atoms with van der Waals surface area (Å²) in [4.78, 5) is 0.508. The first-order valence-corrected chi connectivity index (χ1v) is 2.85. The van der Waals surface area contributed by atoms with Crippen LogP contribution in [0.5, 0.6) is 0 Å². The van der Waals surface area contributed by atoms with Crippen molar-refractivity contribution in [2.75, 3.05) is 0 Å². The zero-order chi connectivity index (χ0) is 6.27. The van der Waals surface area contributed by atoms with Gasteiger partial charge >= 0.3 is 0 Å². The molecule has 1 saturated carbocycles. The van der Waals surface area contributed by atoms with Crippen LogP contribution in [-0.2, 0) is 0 Å². The quantitative estimate of drug-likeness (QED) is 0.529. The van der Waals surface area contributed by atoms with Crippen molar-refractivity contribution in [3.05, 3.63) is 5.82 Å². The van der Waals surface area contributed by atoms with Crippen molar-refractivity contribution in [3.63, 3.8) is 0 Å². The molecule has 5 nitrogen and oxygen atoms in total. The van der Waals surface area contributed by atoms with Gasteiger partial charge in [0.15, 0.2) is 5.82 Å². The standard InChI is InChI=1S/C4H6N4O/c9-8-6-4(5-7-8)3-1-2-3/h3,9H,1-2H2. The van der Waals surface area contributed by atoms with Gasteiger partial charge < -0.3 is 5.21 Å². The molecule has 0 aliphatic heterocycles. The molecule has 5 heteroatoms. The van der Waals surface area contributed by atoms with Crippen LogP contribution < -0.4 is 0 Å². The lowest BCUT2D eigenvalue weighted by Crippen LogP contribution is -1.94. The van der Waals surface area contributed by atoms with E-state index in [4.69, 9.17) is 5.21 Å². The third kappa shape index (κ3) is 0.737. The maximum atomic E-state index is 8.56. The van der Waals surface area contributed by atoms with Gasteiger partial charge in [0.1, 0.15) is 0 Å². The zero-order valence-electron chi connectivity index (χ0n) is 4.73. The maximum Gasteiger partial charge on any atom is 0.181 e. The highest BCUT2D eigenvalue weighted by Crippen LogP contribution is 2.37. The summed E-state index contributed by atoms with van der Waals surface area (Å²) in [6.45, 7) is 0. The molecule has 0 radical (unpaired) electrons. The lowest BCUT2D eigenvalue weighted by Gasteiger charge is -1.78. The SMILES string of the molecule is On1nnc(C2CC2)n1. The lowest BCUT2D eigenvalue weighted by atomic mass is 10.4. The van der Waals surface area contributed by atoms with Crippen molar-refractivity contribution >= 4 is 0 Å². The molecule has 0 spiro atoms. The Bertz CT molecular complexity index is 216. The van der Waals surface area contributed by atoms with Gasteiger partial charge in [0.05, 0.1) is 0 Å². The molecule has 2 rings (SSSR count). The number of hydrogen-bond acceptors (Lipinski definition) is 4. The van der Waals surface area contributed by atoms with Gasteiger partial charge in [-0.1, -0.05) is 5.10 Å². The van der Waals surface area contributed by atoms with Crippen LogP contribution in [0.2, 0.25) is 0 Å². The van der Waals surface area contributed by atoms with Crippen molar-refractivity contribution in [3.8, 4) is 0 Å². The van der Waals surface area contributed by atoms with Crippen LogP contribution in [-0.4, -0.2) is 25.6 Å². The van der Waals surface area contributed by atoms with Gasteiger partial charge in [-0.3, -0.25) is 0 Å². The molecule has 1 fully saturated rings. The number of nitrogens with zero attached hydrogens (tertiary/aromatic N) is 4. The molecule has 0 saturated heterocycles. The third-order valence-corrected chi connectivity index (χ3v) is 1.36. The van der Waals surface area contributed by atoms with Gasteiger partial charge in [-0.05, 0) is 18.1 Å². The third-order valence-electron chi connectivity index (χ3n) is 1.36. The summed E-state index contributed by atoms with van der Waals surface area (Å²) in [7, 11) is 0. The van der Waals surface area contributed by atoms with Crippen molar-refractivity contribution in [2.45, 2.75) is 18.8 Å². The van der Waals surface area contributed by atoms with Crippen molar-refractivity contribution < 1.29 is 5.21 Å². The average molecular weight is 126 g/mol. The molecule has 1 aliphatic carbocycles. The minimum atomic E-state index is 0.464. The fourth-order valence-corrected chi connectivity index (χ4v) is 0.722. The van der Waals surface area contributed by atoms with E-state index in [1.54, 1.807) is 0 Å². The first kappa shape index (κ1) is 4.72. The monoisotopic (exact) mass is 126 g/mol. The molecule has 0 unspecified atom stereocenters. The van der Waals surface area contributed by atoms with Crippen LogP contribution in [0, 0.1) is 0 Å². The molecule has 1 heterocycles. The zero-order valence-corrected chi connectivity index (χ0v) is 4.73. The summed E-state index contributed by atoms with van der Waals surface area (Å²) >= 11 is 0. The highest BCUT2D eigenvalue weighted by Gasteiger charge is 2.28. The predicted molar refractivity (Wildman–Crippen MR) is 27.0 cm³/mol. The van der Waals surface area contributed by atoms with E-state index in [-0.39, 0.29) is 0 Å². The van der Waals surface area contributed by atoms with E-state index in [1.807, 2.05) is 0 Å².